The summed E-state index contributed by atoms with van der Waals surface area (Å²) in [5, 5.41) is 18.5. The van der Waals surface area contributed by atoms with Crippen LogP contribution in [0.1, 0.15) is 27.3 Å². The molecule has 0 bridgehead atoms. The number of nitrogens with one attached hydrogen (secondary N) is 2. The minimum atomic E-state index is 0.300. The van der Waals surface area contributed by atoms with Crippen molar-refractivity contribution < 1.29 is 9.90 Å². The number of rotatable bonds is 4. The van der Waals surface area contributed by atoms with E-state index in [4.69, 9.17) is 5.11 Å². The van der Waals surface area contributed by atoms with Gasteiger partial charge >= 0.3 is 0 Å². The number of aromatic hydroxyl groups is 1. The van der Waals surface area contributed by atoms with Crippen molar-refractivity contribution in [3.63, 3.8) is 0 Å². The van der Waals surface area contributed by atoms with Gasteiger partial charge in [-0.1, -0.05) is 29.8 Å². The average Bonchev–Trinajstić information content (AvgIpc) is 3.06. The molecule has 124 valence electrons. The summed E-state index contributed by atoms with van der Waals surface area (Å²) in [7, 11) is 1.84. The minimum absolute atomic E-state index is 0.300. The summed E-state index contributed by atoms with van der Waals surface area (Å²) in [6, 6.07) is 17.0. The molecule has 0 spiro atoms. The molecule has 0 saturated carbocycles. The van der Waals surface area contributed by atoms with E-state index in [1.165, 1.54) is 11.1 Å². The predicted molar refractivity (Wildman–Crippen MR) is 95.6 cm³/mol. The van der Waals surface area contributed by atoms with E-state index in [0.29, 0.717) is 11.4 Å². The van der Waals surface area contributed by atoms with Crippen LogP contribution in [0.4, 0.5) is 5.69 Å². The lowest BCUT2D eigenvalue weighted by molar-refractivity contribution is 0.111. The van der Waals surface area contributed by atoms with Crippen molar-refractivity contribution in [1.29, 1.82) is 0 Å². The molecular formula is C19H21N3O2. The Hall–Kier alpha value is -3.08. The molecule has 5 nitrogen and oxygen atoms in total. The van der Waals surface area contributed by atoms with Gasteiger partial charge in [0, 0.05) is 24.8 Å². The number of hydrogen-bond acceptors (Lipinski definition) is 4. The number of phenolic OH excluding ortho intramolecular Hbond substituents is 1. The number of hydrogen-bond donors (Lipinski definition) is 3. The quantitative estimate of drug-likeness (QED) is 0.507. The third-order valence-electron chi connectivity index (χ3n) is 3.44. The van der Waals surface area contributed by atoms with Crippen LogP contribution < -0.4 is 5.32 Å². The number of carbonyl (C=O) groups excluding carboxylic acids is 1. The van der Waals surface area contributed by atoms with Crippen molar-refractivity contribution in [3.8, 4) is 5.75 Å². The highest BCUT2D eigenvalue weighted by Crippen LogP contribution is 2.12. The summed E-state index contributed by atoms with van der Waals surface area (Å²) in [4.78, 5) is 10.4. The first-order chi connectivity index (χ1) is 11.6. The van der Waals surface area contributed by atoms with Gasteiger partial charge in [0.1, 0.15) is 11.4 Å². The Labute approximate surface area is 141 Å². The number of aldehydes is 1. The van der Waals surface area contributed by atoms with Crippen molar-refractivity contribution in [2.75, 3.05) is 12.4 Å². The summed E-state index contributed by atoms with van der Waals surface area (Å²) in [6.07, 6.45) is 1.52. The topological polar surface area (TPSA) is 78.0 Å². The Kier molecular flexibility index (Phi) is 6.14. The summed E-state index contributed by atoms with van der Waals surface area (Å²) < 4.78 is 0. The molecule has 3 rings (SSSR count). The number of aryl methyl sites for hydroxylation is 1. The number of aromatic nitrogens is 2. The lowest BCUT2D eigenvalue weighted by atomic mass is 10.1. The van der Waals surface area contributed by atoms with Crippen molar-refractivity contribution in [1.82, 2.24) is 10.2 Å². The molecule has 24 heavy (non-hydrogen) atoms. The molecule has 0 radical (unpaired) electrons. The van der Waals surface area contributed by atoms with Gasteiger partial charge in [0.2, 0.25) is 0 Å². The van der Waals surface area contributed by atoms with Gasteiger partial charge in [-0.3, -0.25) is 9.89 Å². The van der Waals surface area contributed by atoms with E-state index < -0.39 is 0 Å². The zero-order valence-corrected chi connectivity index (χ0v) is 13.8. The summed E-state index contributed by atoms with van der Waals surface area (Å²) >= 11 is 0. The molecule has 0 atom stereocenters. The zero-order chi connectivity index (χ0) is 17.4. The summed E-state index contributed by atoms with van der Waals surface area (Å²) in [5.41, 5.74) is 4.88. The van der Waals surface area contributed by atoms with Crippen LogP contribution in [0.25, 0.3) is 0 Å². The molecule has 1 aromatic heterocycles. The standard InChI is InChI=1S/C12H12N2O.C7H9NO/c1-9-2-4-10(5-3-9)6-11-7-12(8-15)14-13-11;1-8-6-2-4-7(9)5-3-6/h2-5,7-8H,6H2,1H3,(H,13,14);2-5,8-9H,1H3. The molecule has 0 aliphatic heterocycles. The predicted octanol–water partition coefficient (Wildman–Crippen LogP) is 3.56. The number of carbonyl (C=O) groups is 1. The van der Waals surface area contributed by atoms with Crippen LogP contribution in [0, 0.1) is 6.92 Å². The summed E-state index contributed by atoms with van der Waals surface area (Å²) in [6.45, 7) is 2.06. The lowest BCUT2D eigenvalue weighted by Crippen LogP contribution is -1.88. The minimum Gasteiger partial charge on any atom is -0.508 e. The van der Waals surface area contributed by atoms with E-state index in [1.54, 1.807) is 18.2 Å². The molecule has 5 heteroatoms. The van der Waals surface area contributed by atoms with Gasteiger partial charge in [0.25, 0.3) is 0 Å². The fourth-order valence-electron chi connectivity index (χ4n) is 2.08. The molecule has 0 saturated heterocycles. The second kappa shape index (κ2) is 8.53. The molecule has 0 aliphatic carbocycles. The van der Waals surface area contributed by atoms with Crippen molar-refractivity contribution in [3.05, 3.63) is 77.1 Å². The molecule has 0 unspecified atom stereocenters. The molecule has 0 aliphatic rings. The van der Waals surface area contributed by atoms with Crippen molar-refractivity contribution in [2.24, 2.45) is 0 Å². The molecule has 0 fully saturated rings. The van der Waals surface area contributed by atoms with E-state index in [9.17, 15) is 4.79 Å². The fourth-order valence-corrected chi connectivity index (χ4v) is 2.08. The van der Waals surface area contributed by atoms with Crippen LogP contribution in [-0.4, -0.2) is 28.6 Å². The highest BCUT2D eigenvalue weighted by molar-refractivity contribution is 5.71. The van der Waals surface area contributed by atoms with Crippen molar-refractivity contribution >= 4 is 12.0 Å². The van der Waals surface area contributed by atoms with Crippen LogP contribution in [0.2, 0.25) is 0 Å². The number of H-pyrrole nitrogens is 1. The smallest absolute Gasteiger partial charge is 0.170 e. The van der Waals surface area contributed by atoms with Gasteiger partial charge < -0.3 is 10.4 Å². The molecular weight excluding hydrogens is 302 g/mol. The van der Waals surface area contributed by atoms with Gasteiger partial charge in [0.15, 0.2) is 6.29 Å². The van der Waals surface area contributed by atoms with E-state index >= 15 is 0 Å². The summed E-state index contributed by atoms with van der Waals surface area (Å²) in [5.74, 6) is 0.300. The van der Waals surface area contributed by atoms with Crippen LogP contribution in [0.3, 0.4) is 0 Å². The van der Waals surface area contributed by atoms with Crippen LogP contribution in [-0.2, 0) is 6.42 Å². The second-order valence-electron chi connectivity index (χ2n) is 5.40. The SMILES string of the molecule is CNc1ccc(O)cc1.Cc1ccc(Cc2cc(C=O)n[nH]2)cc1. The molecule has 3 aromatic rings. The zero-order valence-electron chi connectivity index (χ0n) is 13.8. The van der Waals surface area contributed by atoms with E-state index in [0.717, 1.165) is 24.1 Å². The van der Waals surface area contributed by atoms with Gasteiger partial charge in [-0.05, 0) is 42.8 Å². The Bertz CT molecular complexity index is 762. The number of anilines is 1. The molecule has 0 amide bonds. The van der Waals surface area contributed by atoms with E-state index in [-0.39, 0.29) is 0 Å². The van der Waals surface area contributed by atoms with Crippen molar-refractivity contribution in [2.45, 2.75) is 13.3 Å². The monoisotopic (exact) mass is 323 g/mol. The third-order valence-corrected chi connectivity index (χ3v) is 3.44. The normalized spacial score (nSPS) is 9.75. The van der Waals surface area contributed by atoms with Gasteiger partial charge in [-0.2, -0.15) is 5.10 Å². The maximum Gasteiger partial charge on any atom is 0.170 e. The van der Waals surface area contributed by atoms with Gasteiger partial charge in [-0.15, -0.1) is 0 Å². The Balaban J connectivity index is 0.000000198. The first kappa shape index (κ1) is 17.3. The number of phenols is 1. The highest BCUT2D eigenvalue weighted by atomic mass is 16.3. The maximum atomic E-state index is 10.4. The Morgan fingerprint density at radius 3 is 2.33 bits per heavy atom. The number of nitrogens with zero attached hydrogens (tertiary/aromatic N) is 1. The third kappa shape index (κ3) is 5.28. The number of aromatic amines is 1. The average molecular weight is 323 g/mol. The molecule has 1 heterocycles. The Morgan fingerprint density at radius 1 is 1.12 bits per heavy atom. The second-order valence-corrected chi connectivity index (χ2v) is 5.40. The first-order valence-electron chi connectivity index (χ1n) is 7.62. The van der Waals surface area contributed by atoms with E-state index in [1.807, 2.05) is 19.2 Å². The van der Waals surface area contributed by atoms with Gasteiger partial charge in [0.05, 0.1) is 0 Å². The highest BCUT2D eigenvalue weighted by Gasteiger charge is 2.00. The first-order valence-corrected chi connectivity index (χ1v) is 7.62. The lowest BCUT2D eigenvalue weighted by Gasteiger charge is -1.98. The van der Waals surface area contributed by atoms with Gasteiger partial charge in [-0.25, -0.2) is 0 Å². The molecule has 2 aromatic carbocycles. The number of benzene rings is 2. The maximum absolute atomic E-state index is 10.4. The van der Waals surface area contributed by atoms with Crippen LogP contribution >= 0.6 is 0 Å². The fraction of sp³-hybridized carbons (Fsp3) is 0.158. The molecule has 3 N–H and O–H groups in total. The Morgan fingerprint density at radius 2 is 1.79 bits per heavy atom. The largest absolute Gasteiger partial charge is 0.508 e. The van der Waals surface area contributed by atoms with Crippen LogP contribution in [0.5, 0.6) is 5.75 Å². The van der Waals surface area contributed by atoms with Crippen LogP contribution in [0.15, 0.2) is 54.6 Å². The van der Waals surface area contributed by atoms with E-state index in [2.05, 4.69) is 46.7 Å².